The molecule has 27 heavy (non-hydrogen) atoms. The lowest BCUT2D eigenvalue weighted by Crippen LogP contribution is -2.43. The molecule has 1 aliphatic heterocycles. The van der Waals surface area contributed by atoms with Crippen molar-refractivity contribution in [1.82, 2.24) is 14.0 Å². The van der Waals surface area contributed by atoms with Gasteiger partial charge in [0.2, 0.25) is 11.8 Å². The highest BCUT2D eigenvalue weighted by Crippen LogP contribution is 2.26. The fraction of sp³-hybridized carbons (Fsp3) is 0.550. The molecule has 0 radical (unpaired) electrons. The molecule has 0 atom stereocenters. The number of nitrogens with zero attached hydrogens (tertiary/aromatic N) is 5. The second kappa shape index (κ2) is 7.47. The monoisotopic (exact) mass is 369 g/mol. The van der Waals surface area contributed by atoms with Crippen LogP contribution in [0.5, 0.6) is 0 Å². The van der Waals surface area contributed by atoms with Gasteiger partial charge < -0.3 is 18.8 Å². The summed E-state index contributed by atoms with van der Waals surface area (Å²) in [5, 5.41) is 9.20. The first-order chi connectivity index (χ1) is 12.9. The van der Waals surface area contributed by atoms with Crippen molar-refractivity contribution in [3.05, 3.63) is 29.9 Å². The number of carbonyl (C=O) groups is 1. The van der Waals surface area contributed by atoms with E-state index in [0.29, 0.717) is 18.7 Å². The van der Waals surface area contributed by atoms with Gasteiger partial charge in [-0.15, -0.1) is 4.99 Å². The summed E-state index contributed by atoms with van der Waals surface area (Å²) in [7, 11) is 0. The van der Waals surface area contributed by atoms with E-state index in [4.69, 9.17) is 4.74 Å². The highest BCUT2D eigenvalue weighted by atomic mass is 16.6. The molecule has 3 rings (SSSR count). The number of hydrogen-bond donors (Lipinski definition) is 0. The topological polar surface area (TPSA) is 75.5 Å². The van der Waals surface area contributed by atoms with Crippen molar-refractivity contribution in [3.8, 4) is 6.19 Å². The summed E-state index contributed by atoms with van der Waals surface area (Å²) in [6.07, 6.45) is 3.29. The quantitative estimate of drug-likeness (QED) is 0.761. The summed E-state index contributed by atoms with van der Waals surface area (Å²) < 4.78 is 9.72. The van der Waals surface area contributed by atoms with Gasteiger partial charge in [-0.25, -0.2) is 4.79 Å². The maximum Gasteiger partial charge on any atom is 0.410 e. The Bertz CT molecular complexity index is 934. The molecule has 1 amide bonds. The van der Waals surface area contributed by atoms with Crippen molar-refractivity contribution >= 4 is 17.1 Å². The molecule has 1 aromatic heterocycles. The molecule has 1 fully saturated rings. The predicted octanol–water partition coefficient (Wildman–Crippen LogP) is 3.42. The Kier molecular flexibility index (Phi) is 5.26. The number of para-hydroxylation sites is 2. The van der Waals surface area contributed by atoms with Crippen LogP contribution in [0.25, 0.3) is 11.0 Å². The molecule has 1 aromatic carbocycles. The Hall–Kier alpha value is -2.75. The molecular weight excluding hydrogens is 342 g/mol. The molecule has 7 nitrogen and oxygen atoms in total. The van der Waals surface area contributed by atoms with E-state index in [-0.39, 0.29) is 12.1 Å². The van der Waals surface area contributed by atoms with Gasteiger partial charge in [-0.3, -0.25) is 0 Å². The van der Waals surface area contributed by atoms with Crippen LogP contribution >= 0.6 is 0 Å². The summed E-state index contributed by atoms with van der Waals surface area (Å²) in [4.78, 5) is 18.2. The Balaban J connectivity index is 1.90. The summed E-state index contributed by atoms with van der Waals surface area (Å²) in [5.74, 6) is 0. The molecule has 0 saturated carbocycles. The van der Waals surface area contributed by atoms with E-state index in [1.165, 1.54) is 0 Å². The molecular formula is C20H27N5O2. The van der Waals surface area contributed by atoms with Gasteiger partial charge in [-0.2, -0.15) is 5.26 Å². The number of carbonyl (C=O) groups excluding carboxylic acids is 1. The highest BCUT2D eigenvalue weighted by molar-refractivity contribution is 5.76. The van der Waals surface area contributed by atoms with Crippen molar-refractivity contribution in [2.24, 2.45) is 4.99 Å². The molecule has 0 spiro atoms. The Morgan fingerprint density at radius 1 is 1.26 bits per heavy atom. The number of aryl methyl sites for hydroxylation is 1. The first kappa shape index (κ1) is 19.0. The number of nitriles is 1. The fourth-order valence-electron chi connectivity index (χ4n) is 3.71. The van der Waals surface area contributed by atoms with E-state index < -0.39 is 5.60 Å². The zero-order chi connectivity index (χ0) is 19.6. The minimum Gasteiger partial charge on any atom is -0.444 e. The van der Waals surface area contributed by atoms with Crippen molar-refractivity contribution in [2.75, 3.05) is 13.1 Å². The zero-order valence-corrected chi connectivity index (χ0v) is 16.5. The molecule has 0 N–H and O–H groups in total. The van der Waals surface area contributed by atoms with Crippen molar-refractivity contribution < 1.29 is 9.53 Å². The van der Waals surface area contributed by atoms with Gasteiger partial charge in [0.25, 0.3) is 0 Å². The lowest BCUT2D eigenvalue weighted by atomic mass is 10.0. The second-order valence-electron chi connectivity index (χ2n) is 7.81. The van der Waals surface area contributed by atoms with Crippen LogP contribution in [0.2, 0.25) is 0 Å². The van der Waals surface area contributed by atoms with Crippen LogP contribution in [-0.4, -0.2) is 38.8 Å². The molecule has 0 unspecified atom stereocenters. The Morgan fingerprint density at radius 2 is 1.89 bits per heavy atom. The van der Waals surface area contributed by atoms with Crippen molar-refractivity contribution in [1.29, 1.82) is 5.26 Å². The minimum atomic E-state index is -0.490. The highest BCUT2D eigenvalue weighted by Gasteiger charge is 2.29. The number of benzene rings is 1. The molecule has 2 heterocycles. The predicted molar refractivity (Wildman–Crippen MR) is 103 cm³/mol. The Morgan fingerprint density at radius 3 is 2.44 bits per heavy atom. The number of piperidine rings is 1. The second-order valence-corrected chi connectivity index (χ2v) is 7.81. The number of likely N-dealkylation sites (tertiary alicyclic amines) is 1. The smallest absolute Gasteiger partial charge is 0.410 e. The fourth-order valence-corrected chi connectivity index (χ4v) is 3.71. The van der Waals surface area contributed by atoms with Gasteiger partial charge in [0.15, 0.2) is 0 Å². The van der Waals surface area contributed by atoms with E-state index in [1.54, 1.807) is 4.90 Å². The Labute approximate surface area is 159 Å². The minimum absolute atomic E-state index is 0.188. The van der Waals surface area contributed by atoms with Gasteiger partial charge in [-0.1, -0.05) is 12.1 Å². The molecule has 144 valence electrons. The van der Waals surface area contributed by atoms with Gasteiger partial charge >= 0.3 is 6.09 Å². The van der Waals surface area contributed by atoms with Crippen LogP contribution in [0, 0.1) is 11.5 Å². The van der Waals surface area contributed by atoms with Gasteiger partial charge in [-0.05, 0) is 52.7 Å². The first-order valence-corrected chi connectivity index (χ1v) is 9.46. The normalized spacial score (nSPS) is 16.6. The SMILES string of the molecule is CCn1/c(=N/C#N)n(C2CCN(C(=O)OC(C)(C)C)CC2)c2ccccc21. The number of rotatable bonds is 2. The van der Waals surface area contributed by atoms with E-state index in [2.05, 4.69) is 33.2 Å². The van der Waals surface area contributed by atoms with E-state index >= 15 is 0 Å². The van der Waals surface area contributed by atoms with Crippen LogP contribution in [0.4, 0.5) is 4.79 Å². The summed E-state index contributed by atoms with van der Waals surface area (Å²) in [6, 6.07) is 8.32. The molecule has 1 aliphatic rings. The van der Waals surface area contributed by atoms with E-state index in [1.807, 2.05) is 39.1 Å². The van der Waals surface area contributed by atoms with E-state index in [9.17, 15) is 10.1 Å². The number of ether oxygens (including phenoxy) is 1. The van der Waals surface area contributed by atoms with Gasteiger partial charge in [0, 0.05) is 25.7 Å². The van der Waals surface area contributed by atoms with Gasteiger partial charge in [0.05, 0.1) is 11.0 Å². The van der Waals surface area contributed by atoms with Crippen LogP contribution in [0.1, 0.15) is 46.6 Å². The molecule has 0 bridgehead atoms. The average molecular weight is 369 g/mol. The lowest BCUT2D eigenvalue weighted by molar-refractivity contribution is 0.0188. The summed E-state index contributed by atoms with van der Waals surface area (Å²) >= 11 is 0. The zero-order valence-electron chi connectivity index (χ0n) is 16.5. The first-order valence-electron chi connectivity index (χ1n) is 9.46. The van der Waals surface area contributed by atoms with Crippen LogP contribution in [0.15, 0.2) is 29.3 Å². The number of hydrogen-bond acceptors (Lipinski definition) is 4. The maximum atomic E-state index is 12.3. The summed E-state index contributed by atoms with van der Waals surface area (Å²) in [6.45, 7) is 9.69. The molecule has 0 aliphatic carbocycles. The average Bonchev–Trinajstić information content (AvgIpc) is 2.94. The third-order valence-corrected chi connectivity index (χ3v) is 4.84. The standard InChI is InChI=1S/C20H27N5O2/c1-5-24-16-8-6-7-9-17(16)25(18(24)22-14-21)15-10-12-23(13-11-15)19(26)27-20(2,3)4/h6-9,15H,5,10-13H2,1-4H3/b22-18-. The number of fused-ring (bicyclic) bond motifs is 1. The summed E-state index contributed by atoms with van der Waals surface area (Å²) in [5.41, 5.74) is 2.33. The molecule has 1 saturated heterocycles. The lowest BCUT2D eigenvalue weighted by Gasteiger charge is -2.34. The van der Waals surface area contributed by atoms with Crippen LogP contribution in [0.3, 0.4) is 0 Å². The molecule has 2 aromatic rings. The maximum absolute atomic E-state index is 12.3. The van der Waals surface area contributed by atoms with E-state index in [0.717, 1.165) is 30.4 Å². The van der Waals surface area contributed by atoms with Crippen molar-refractivity contribution in [2.45, 2.75) is 58.7 Å². The van der Waals surface area contributed by atoms with Crippen LogP contribution < -0.4 is 5.62 Å². The number of aromatic nitrogens is 2. The third-order valence-electron chi connectivity index (χ3n) is 4.84. The largest absolute Gasteiger partial charge is 0.444 e. The number of imidazole rings is 1. The van der Waals surface area contributed by atoms with Crippen molar-refractivity contribution in [3.63, 3.8) is 0 Å². The van der Waals surface area contributed by atoms with Gasteiger partial charge in [0.1, 0.15) is 5.60 Å². The molecule has 7 heteroatoms. The number of amides is 1. The van der Waals surface area contributed by atoms with Crippen LogP contribution in [-0.2, 0) is 11.3 Å². The third kappa shape index (κ3) is 3.85.